The molecule has 0 bridgehead atoms. The molecule has 0 radical (unpaired) electrons. The first-order valence-electron chi connectivity index (χ1n) is 6.91. The molecule has 1 aromatic rings. The van der Waals surface area contributed by atoms with E-state index in [1.165, 1.54) is 23.1 Å². The molecule has 0 aliphatic rings. The van der Waals surface area contributed by atoms with Gasteiger partial charge in [0.25, 0.3) is 0 Å². The summed E-state index contributed by atoms with van der Waals surface area (Å²) in [5.41, 5.74) is 4.44. The van der Waals surface area contributed by atoms with Crippen LogP contribution in [0.25, 0.3) is 0 Å². The Morgan fingerprint density at radius 2 is 1.78 bits per heavy atom. The molecule has 0 amide bonds. The molecule has 0 spiro atoms. The molecule has 1 rings (SSSR count). The van der Waals surface area contributed by atoms with Crippen molar-refractivity contribution in [2.45, 2.75) is 53.1 Å². The molecule has 0 saturated carbocycles. The lowest BCUT2D eigenvalue weighted by Crippen LogP contribution is -2.37. The molecule has 0 saturated heterocycles. The molecule has 0 aliphatic carbocycles. The van der Waals surface area contributed by atoms with Gasteiger partial charge in [-0.3, -0.25) is 0 Å². The number of hydrogen-bond acceptors (Lipinski definition) is 2. The fraction of sp³-hybridized carbons (Fsp3) is 0.625. The Labute approximate surface area is 112 Å². The minimum Gasteiger partial charge on any atom is -0.313 e. The van der Waals surface area contributed by atoms with Gasteiger partial charge in [0.05, 0.1) is 0 Å². The lowest BCUT2D eigenvalue weighted by atomic mass is 10.0. The third kappa shape index (κ3) is 5.65. The summed E-state index contributed by atoms with van der Waals surface area (Å²) < 4.78 is 0. The monoisotopic (exact) mass is 248 g/mol. The van der Waals surface area contributed by atoms with Crippen molar-refractivity contribution >= 4 is 0 Å². The van der Waals surface area contributed by atoms with Gasteiger partial charge in [-0.2, -0.15) is 0 Å². The Morgan fingerprint density at radius 1 is 1.06 bits per heavy atom. The van der Waals surface area contributed by atoms with Gasteiger partial charge >= 0.3 is 0 Å². The standard InChI is InChI=1S/C16H28N2/c1-13-8-6-9-15(14(13)2)12-17-10-7-11-18-16(3,4)5/h6,8-9,17-18H,7,10-12H2,1-5H3. The van der Waals surface area contributed by atoms with Gasteiger partial charge in [-0.15, -0.1) is 0 Å². The maximum atomic E-state index is 3.52. The Hall–Kier alpha value is -0.860. The van der Waals surface area contributed by atoms with E-state index in [0.29, 0.717) is 0 Å². The number of rotatable bonds is 6. The van der Waals surface area contributed by atoms with Crippen molar-refractivity contribution in [3.63, 3.8) is 0 Å². The van der Waals surface area contributed by atoms with Crippen LogP contribution in [0, 0.1) is 13.8 Å². The van der Waals surface area contributed by atoms with E-state index in [4.69, 9.17) is 0 Å². The van der Waals surface area contributed by atoms with Crippen LogP contribution >= 0.6 is 0 Å². The zero-order valence-corrected chi connectivity index (χ0v) is 12.6. The Balaban J connectivity index is 2.20. The highest BCUT2D eigenvalue weighted by atomic mass is 14.9. The van der Waals surface area contributed by atoms with Crippen LogP contribution in [0.4, 0.5) is 0 Å². The van der Waals surface area contributed by atoms with Gasteiger partial charge < -0.3 is 10.6 Å². The van der Waals surface area contributed by atoms with Gasteiger partial charge in [-0.05, 0) is 70.8 Å². The van der Waals surface area contributed by atoms with E-state index in [-0.39, 0.29) is 5.54 Å². The normalized spacial score (nSPS) is 11.8. The van der Waals surface area contributed by atoms with Crippen LogP contribution in [-0.2, 0) is 6.54 Å². The Kier molecular flexibility index (Phi) is 5.83. The fourth-order valence-electron chi connectivity index (χ4n) is 1.90. The topological polar surface area (TPSA) is 24.1 Å². The van der Waals surface area contributed by atoms with E-state index >= 15 is 0 Å². The summed E-state index contributed by atoms with van der Waals surface area (Å²) in [5.74, 6) is 0. The van der Waals surface area contributed by atoms with Crippen LogP contribution in [0.2, 0.25) is 0 Å². The minimum atomic E-state index is 0.229. The van der Waals surface area contributed by atoms with E-state index in [9.17, 15) is 0 Å². The third-order valence-electron chi connectivity index (χ3n) is 3.22. The summed E-state index contributed by atoms with van der Waals surface area (Å²) in [6.45, 7) is 14.1. The van der Waals surface area contributed by atoms with Gasteiger partial charge in [-0.25, -0.2) is 0 Å². The highest BCUT2D eigenvalue weighted by Gasteiger charge is 2.06. The lowest BCUT2D eigenvalue weighted by molar-refractivity contribution is 0.418. The summed E-state index contributed by atoms with van der Waals surface area (Å²) in [6, 6.07) is 6.52. The summed E-state index contributed by atoms with van der Waals surface area (Å²) in [7, 11) is 0. The first-order chi connectivity index (χ1) is 8.40. The van der Waals surface area contributed by atoms with Gasteiger partial charge in [0.1, 0.15) is 0 Å². The molecule has 0 aliphatic heterocycles. The zero-order valence-electron chi connectivity index (χ0n) is 12.6. The smallest absolute Gasteiger partial charge is 0.0208 e. The number of hydrogen-bond donors (Lipinski definition) is 2. The van der Waals surface area contributed by atoms with Gasteiger partial charge in [-0.1, -0.05) is 18.2 Å². The maximum absolute atomic E-state index is 3.52. The van der Waals surface area contributed by atoms with Gasteiger partial charge in [0.15, 0.2) is 0 Å². The first kappa shape index (κ1) is 15.2. The summed E-state index contributed by atoms with van der Waals surface area (Å²) in [4.78, 5) is 0. The summed E-state index contributed by atoms with van der Waals surface area (Å²) in [6.07, 6.45) is 1.17. The maximum Gasteiger partial charge on any atom is 0.0208 e. The quantitative estimate of drug-likeness (QED) is 0.756. The first-order valence-corrected chi connectivity index (χ1v) is 6.91. The van der Waals surface area contributed by atoms with Crippen LogP contribution in [0.3, 0.4) is 0 Å². The van der Waals surface area contributed by atoms with Crippen molar-refractivity contribution in [3.05, 3.63) is 34.9 Å². The minimum absolute atomic E-state index is 0.229. The molecule has 0 unspecified atom stereocenters. The lowest BCUT2D eigenvalue weighted by Gasteiger charge is -2.20. The molecule has 2 nitrogen and oxygen atoms in total. The van der Waals surface area contributed by atoms with Gasteiger partial charge in [0, 0.05) is 12.1 Å². The van der Waals surface area contributed by atoms with Crippen molar-refractivity contribution in [3.8, 4) is 0 Å². The molecule has 0 aromatic heterocycles. The van der Waals surface area contributed by atoms with E-state index in [1.807, 2.05) is 0 Å². The van der Waals surface area contributed by atoms with E-state index in [1.54, 1.807) is 0 Å². The molecule has 18 heavy (non-hydrogen) atoms. The molecule has 0 fully saturated rings. The average molecular weight is 248 g/mol. The molecule has 102 valence electrons. The third-order valence-corrected chi connectivity index (χ3v) is 3.22. The number of nitrogens with one attached hydrogen (secondary N) is 2. The highest BCUT2D eigenvalue weighted by Crippen LogP contribution is 2.12. The average Bonchev–Trinajstić information content (AvgIpc) is 2.27. The summed E-state index contributed by atoms with van der Waals surface area (Å²) >= 11 is 0. The number of benzene rings is 1. The molecule has 2 heteroatoms. The van der Waals surface area contributed by atoms with E-state index in [2.05, 4.69) is 63.5 Å². The van der Waals surface area contributed by atoms with Crippen molar-refractivity contribution in [1.82, 2.24) is 10.6 Å². The fourth-order valence-corrected chi connectivity index (χ4v) is 1.90. The van der Waals surface area contributed by atoms with Crippen molar-refractivity contribution in [1.29, 1.82) is 0 Å². The molecule has 2 N–H and O–H groups in total. The predicted molar refractivity (Wildman–Crippen MR) is 80.0 cm³/mol. The molecular formula is C16H28N2. The Morgan fingerprint density at radius 3 is 2.44 bits per heavy atom. The van der Waals surface area contributed by atoms with E-state index < -0.39 is 0 Å². The predicted octanol–water partition coefficient (Wildman–Crippen LogP) is 3.17. The van der Waals surface area contributed by atoms with Crippen molar-refractivity contribution in [2.24, 2.45) is 0 Å². The molecule has 0 atom stereocenters. The number of aryl methyl sites for hydroxylation is 1. The van der Waals surface area contributed by atoms with E-state index in [0.717, 1.165) is 19.6 Å². The van der Waals surface area contributed by atoms with Crippen molar-refractivity contribution < 1.29 is 0 Å². The second kappa shape index (κ2) is 6.91. The summed E-state index contributed by atoms with van der Waals surface area (Å²) in [5, 5.41) is 7.02. The Bertz CT molecular complexity index is 364. The molecular weight excluding hydrogens is 220 g/mol. The zero-order chi connectivity index (χ0) is 13.6. The highest BCUT2D eigenvalue weighted by molar-refractivity contribution is 5.32. The molecule has 0 heterocycles. The van der Waals surface area contributed by atoms with Crippen LogP contribution in [0.15, 0.2) is 18.2 Å². The van der Waals surface area contributed by atoms with Crippen LogP contribution in [-0.4, -0.2) is 18.6 Å². The second-order valence-corrected chi connectivity index (χ2v) is 6.07. The molecule has 1 aromatic carbocycles. The van der Waals surface area contributed by atoms with Crippen molar-refractivity contribution in [2.75, 3.05) is 13.1 Å². The van der Waals surface area contributed by atoms with Crippen LogP contribution in [0.1, 0.15) is 43.9 Å². The van der Waals surface area contributed by atoms with Crippen LogP contribution < -0.4 is 10.6 Å². The van der Waals surface area contributed by atoms with Gasteiger partial charge in [0.2, 0.25) is 0 Å². The second-order valence-electron chi connectivity index (χ2n) is 6.07. The SMILES string of the molecule is Cc1cccc(CNCCCNC(C)(C)C)c1C. The van der Waals surface area contributed by atoms with Crippen LogP contribution in [0.5, 0.6) is 0 Å². The largest absolute Gasteiger partial charge is 0.313 e.